The van der Waals surface area contributed by atoms with Crippen LogP contribution in [0.5, 0.6) is 0 Å². The molecule has 0 spiro atoms. The van der Waals surface area contributed by atoms with Gasteiger partial charge in [-0.1, -0.05) is 114 Å². The van der Waals surface area contributed by atoms with Crippen molar-refractivity contribution in [1.29, 1.82) is 0 Å². The molecule has 1 saturated heterocycles. The number of likely N-dealkylation sites (tertiary alicyclic amines) is 1. The molecule has 1 aromatic heterocycles. The number of hydrogen-bond donors (Lipinski definition) is 7. The fraction of sp³-hybridized carbons (Fsp3) is 0.468. The predicted octanol–water partition coefficient (Wildman–Crippen LogP) is 5.04. The summed E-state index contributed by atoms with van der Waals surface area (Å²) in [4.78, 5) is 109. The number of anilines is 1. The maximum atomic E-state index is 15.2. The van der Waals surface area contributed by atoms with Crippen LogP contribution in [0.25, 0.3) is 5.69 Å². The maximum Gasteiger partial charge on any atom is 0.247 e. The lowest BCUT2D eigenvalue weighted by Gasteiger charge is -2.42. The van der Waals surface area contributed by atoms with Crippen molar-refractivity contribution < 1.29 is 33.6 Å². The largest absolute Gasteiger partial charge is 0.347 e. The van der Waals surface area contributed by atoms with Crippen molar-refractivity contribution in [3.8, 4) is 5.69 Å². The molecule has 430 valence electrons. The number of amides is 7. The average Bonchev–Trinajstić information content (AvgIpc) is 4.34. The molecule has 5 aromatic rings. The highest BCUT2D eigenvalue weighted by Gasteiger charge is 2.47. The number of carbonyl (C=O) groups is 7. The van der Waals surface area contributed by atoms with Crippen LogP contribution in [-0.2, 0) is 59.4 Å². The molecular formula is C62H80N12O7. The van der Waals surface area contributed by atoms with E-state index in [0.29, 0.717) is 5.69 Å². The van der Waals surface area contributed by atoms with Gasteiger partial charge >= 0.3 is 0 Å². The van der Waals surface area contributed by atoms with E-state index in [2.05, 4.69) is 53.4 Å². The summed E-state index contributed by atoms with van der Waals surface area (Å²) in [6.45, 7) is 14.8. The first-order valence-corrected chi connectivity index (χ1v) is 28.2. The molecule has 19 nitrogen and oxygen atoms in total. The van der Waals surface area contributed by atoms with Crippen molar-refractivity contribution in [1.82, 2.24) is 56.5 Å². The summed E-state index contributed by atoms with van der Waals surface area (Å²) in [5.74, 6) is -3.30. The molecule has 0 unspecified atom stereocenters. The zero-order valence-electron chi connectivity index (χ0n) is 48.3. The molecule has 19 heteroatoms. The predicted molar refractivity (Wildman–Crippen MR) is 309 cm³/mol. The fourth-order valence-corrected chi connectivity index (χ4v) is 11.1. The van der Waals surface area contributed by atoms with Gasteiger partial charge in [0.05, 0.1) is 23.8 Å². The lowest BCUT2D eigenvalue weighted by molar-refractivity contribution is -0.147. The number of nitrogens with zero attached hydrogens (tertiary/aromatic N) is 5. The highest BCUT2D eigenvalue weighted by Crippen LogP contribution is 2.38. The molecule has 8 rings (SSSR count). The van der Waals surface area contributed by atoms with Crippen molar-refractivity contribution >= 4 is 47.0 Å². The van der Waals surface area contributed by atoms with Gasteiger partial charge in [0.25, 0.3) is 0 Å². The number of fused-ring (bicyclic) bond motifs is 2. The molecular weight excluding hydrogens is 1020 g/mol. The fourth-order valence-electron chi connectivity index (χ4n) is 11.1. The molecule has 3 aliphatic rings. The first-order chi connectivity index (χ1) is 38.5. The van der Waals surface area contributed by atoms with Gasteiger partial charge in [-0.25, -0.2) is 9.67 Å². The number of carbonyl (C=O) groups excluding carboxylic acids is 7. The quantitative estimate of drug-likeness (QED) is 0.0613. The molecule has 2 aliphatic heterocycles. The van der Waals surface area contributed by atoms with Gasteiger partial charge in [0, 0.05) is 37.5 Å². The van der Waals surface area contributed by atoms with Gasteiger partial charge in [0.1, 0.15) is 42.9 Å². The zero-order chi connectivity index (χ0) is 58.3. The summed E-state index contributed by atoms with van der Waals surface area (Å²) >= 11 is 0. The number of rotatable bonds is 18. The lowest BCUT2D eigenvalue weighted by Crippen LogP contribution is -2.62. The smallest absolute Gasteiger partial charge is 0.247 e. The third-order valence-corrected chi connectivity index (χ3v) is 16.2. The lowest BCUT2D eigenvalue weighted by atomic mass is 9.83. The van der Waals surface area contributed by atoms with Crippen molar-refractivity contribution in [3.05, 3.63) is 143 Å². The Balaban J connectivity index is 1.12. The zero-order valence-corrected chi connectivity index (χ0v) is 48.3. The number of nitrogens with one attached hydrogen (secondary N) is 7. The molecule has 3 heterocycles. The van der Waals surface area contributed by atoms with Gasteiger partial charge in [0.15, 0.2) is 0 Å². The first-order valence-electron chi connectivity index (χ1n) is 28.2. The van der Waals surface area contributed by atoms with E-state index in [0.717, 1.165) is 52.8 Å². The second kappa shape index (κ2) is 25.4. The SMILES string of the molecule is CN[C@@H](C)C(=O)N[C@H](C(=O)N1C[C@@H](c2ccc3c(c2)CN(C(=O)[C@@H](NC(=O)[C@H](C)NC)C(C)(C)C)[C@H](C(=O)N[C@@H]2CCCc4ccccc42)C3)C[C@H]1C(=O)N[C@@H](Cc1ccccc1)C(=O)Nc1ccc(-n2cncn2)cc1)C(C)(C)C. The molecule has 4 aromatic carbocycles. The highest BCUT2D eigenvalue weighted by molar-refractivity contribution is 6.00. The summed E-state index contributed by atoms with van der Waals surface area (Å²) in [6.07, 6.45) is 6.08. The Kier molecular flexibility index (Phi) is 18.6. The Morgan fingerprint density at radius 3 is 1.91 bits per heavy atom. The molecule has 1 fully saturated rings. The monoisotopic (exact) mass is 1100 g/mol. The molecule has 7 amide bonds. The van der Waals surface area contributed by atoms with Crippen molar-refractivity contribution in [2.45, 2.75) is 155 Å². The van der Waals surface area contributed by atoms with Gasteiger partial charge in [0.2, 0.25) is 41.4 Å². The van der Waals surface area contributed by atoms with Crippen molar-refractivity contribution in [2.75, 3.05) is 26.0 Å². The molecule has 0 radical (unpaired) electrons. The minimum absolute atomic E-state index is 0.0475. The molecule has 81 heavy (non-hydrogen) atoms. The van der Waals surface area contributed by atoms with Crippen LogP contribution in [0.4, 0.5) is 5.69 Å². The minimum Gasteiger partial charge on any atom is -0.347 e. The van der Waals surface area contributed by atoms with E-state index in [1.165, 1.54) is 16.8 Å². The van der Waals surface area contributed by atoms with E-state index in [4.69, 9.17) is 0 Å². The Morgan fingerprint density at radius 2 is 1.30 bits per heavy atom. The van der Waals surface area contributed by atoms with Crippen LogP contribution >= 0.6 is 0 Å². The highest BCUT2D eigenvalue weighted by atomic mass is 16.2. The van der Waals surface area contributed by atoms with Crippen LogP contribution in [0.2, 0.25) is 0 Å². The molecule has 9 atom stereocenters. The van der Waals surface area contributed by atoms with Gasteiger partial charge < -0.3 is 47.0 Å². The third kappa shape index (κ3) is 14.1. The van der Waals surface area contributed by atoms with Crippen LogP contribution < -0.4 is 37.2 Å². The summed E-state index contributed by atoms with van der Waals surface area (Å²) in [7, 11) is 3.33. The summed E-state index contributed by atoms with van der Waals surface area (Å²) in [5, 5.41) is 25.4. The summed E-state index contributed by atoms with van der Waals surface area (Å²) in [5.41, 5.74) is 5.19. The summed E-state index contributed by atoms with van der Waals surface area (Å²) in [6, 6.07) is 23.9. The molecule has 1 aliphatic carbocycles. The van der Waals surface area contributed by atoms with Crippen LogP contribution in [-0.4, -0.2) is 129 Å². The van der Waals surface area contributed by atoms with E-state index < -0.39 is 82.7 Å². The number of hydrogen-bond acceptors (Lipinski definition) is 11. The van der Waals surface area contributed by atoms with E-state index in [9.17, 15) is 19.2 Å². The third-order valence-electron chi connectivity index (χ3n) is 16.2. The molecule has 7 N–H and O–H groups in total. The van der Waals surface area contributed by atoms with E-state index in [1.54, 1.807) is 68.1 Å². The topological polar surface area (TPSA) is 241 Å². The Labute approximate surface area is 475 Å². The Bertz CT molecular complexity index is 3060. The number of benzene rings is 4. The molecule has 0 saturated carbocycles. The van der Waals surface area contributed by atoms with E-state index in [-0.39, 0.29) is 56.1 Å². The van der Waals surface area contributed by atoms with E-state index >= 15 is 14.4 Å². The Hall–Kier alpha value is -7.77. The first kappa shape index (κ1) is 59.4. The second-order valence-corrected chi connectivity index (χ2v) is 24.1. The molecule has 0 bridgehead atoms. The van der Waals surface area contributed by atoms with Crippen molar-refractivity contribution in [3.63, 3.8) is 0 Å². The van der Waals surface area contributed by atoms with Crippen molar-refractivity contribution in [2.24, 2.45) is 10.8 Å². The van der Waals surface area contributed by atoms with E-state index in [1.807, 2.05) is 108 Å². The maximum absolute atomic E-state index is 15.2. The normalized spacial score (nSPS) is 19.8. The second-order valence-electron chi connectivity index (χ2n) is 24.1. The van der Waals surface area contributed by atoms with Crippen LogP contribution in [0.3, 0.4) is 0 Å². The average molecular weight is 1110 g/mol. The Morgan fingerprint density at radius 1 is 0.667 bits per heavy atom. The summed E-state index contributed by atoms with van der Waals surface area (Å²) < 4.78 is 1.59. The minimum atomic E-state index is -1.08. The number of aromatic nitrogens is 3. The van der Waals surface area contributed by atoms with Gasteiger partial charge in [-0.2, -0.15) is 5.10 Å². The number of likely N-dealkylation sites (N-methyl/N-ethyl adjacent to an activating group) is 2. The standard InChI is InChI=1S/C62H80N12O7/c1-37(63-9)54(75)70-52(61(3,4)5)59(80)72-33-43-30-41(23-24-42(43)31-50(72)57(78)68-48-22-16-20-40-19-14-15-21-47(40)48)44-32-51(73(34-44)60(81)53(62(6,7)8)71-55(76)38(2)64-10)58(79)69-49(29-39-17-12-11-13-18-39)56(77)67-45-25-27-46(28-26-45)74-36-65-35-66-74/h11-15,17-19,21,23-28,30,35-38,44,48-53,63-64H,16,20,22,29,31-34H2,1-10H3,(H,67,77)(H,68,78)(H,69,79)(H,70,75)(H,71,76)/t37-,38-,44-,48+,49-,50-,51-,52+,53+/m0/s1. The van der Waals surface area contributed by atoms with Crippen LogP contribution in [0.1, 0.15) is 120 Å². The van der Waals surface area contributed by atoms with Gasteiger partial charge in [-0.15, -0.1) is 0 Å². The van der Waals surface area contributed by atoms with Gasteiger partial charge in [-0.3, -0.25) is 33.6 Å². The van der Waals surface area contributed by atoms with Crippen LogP contribution in [0, 0.1) is 10.8 Å². The number of aryl methyl sites for hydroxylation is 1. The van der Waals surface area contributed by atoms with Crippen LogP contribution in [0.15, 0.2) is 110 Å². The van der Waals surface area contributed by atoms with Gasteiger partial charge in [-0.05, 0) is 122 Å².